The van der Waals surface area contributed by atoms with E-state index in [0.717, 1.165) is 5.56 Å². The second-order valence-corrected chi connectivity index (χ2v) is 5.55. The number of carbonyl (C=O) groups is 1. The lowest BCUT2D eigenvalue weighted by Crippen LogP contribution is -2.16. The summed E-state index contributed by atoms with van der Waals surface area (Å²) in [4.78, 5) is 16.9. The van der Waals surface area contributed by atoms with Gasteiger partial charge in [0.2, 0.25) is 5.88 Å². The summed E-state index contributed by atoms with van der Waals surface area (Å²) in [7, 11) is 1.74. The van der Waals surface area contributed by atoms with Crippen LogP contribution < -0.4 is 4.74 Å². The van der Waals surface area contributed by atoms with Crippen molar-refractivity contribution in [1.82, 2.24) is 19.7 Å². The van der Waals surface area contributed by atoms with Crippen LogP contribution >= 0.6 is 0 Å². The van der Waals surface area contributed by atoms with Gasteiger partial charge in [-0.25, -0.2) is 4.98 Å². The lowest BCUT2D eigenvalue weighted by molar-refractivity contribution is 0.0974. The molecule has 0 aliphatic rings. The maximum Gasteiger partial charge on any atom is 0.213 e. The lowest BCUT2D eigenvalue weighted by atomic mass is 9.99. The standard InChI is InChI=1S/C19H17N5O2/c1-3-26-16-11-14(9-10-21-16)17(25)15(12-20)19-23-22-18(24(19)2)13-7-5-4-6-8-13/h4-11,15H,3H2,1-2H3. The Labute approximate surface area is 150 Å². The van der Waals surface area contributed by atoms with Crippen LogP contribution in [0.15, 0.2) is 48.7 Å². The fourth-order valence-electron chi connectivity index (χ4n) is 2.62. The van der Waals surface area contributed by atoms with E-state index in [2.05, 4.69) is 15.2 Å². The first-order valence-electron chi connectivity index (χ1n) is 8.13. The number of hydrogen-bond donors (Lipinski definition) is 0. The summed E-state index contributed by atoms with van der Waals surface area (Å²) < 4.78 is 6.99. The molecule has 0 spiro atoms. The van der Waals surface area contributed by atoms with Crippen molar-refractivity contribution in [2.45, 2.75) is 12.8 Å². The van der Waals surface area contributed by atoms with Crippen LogP contribution in [0.2, 0.25) is 0 Å². The molecule has 0 fully saturated rings. The van der Waals surface area contributed by atoms with Gasteiger partial charge in [-0.3, -0.25) is 4.79 Å². The molecule has 130 valence electrons. The maximum absolute atomic E-state index is 12.8. The van der Waals surface area contributed by atoms with Crippen LogP contribution in [0.5, 0.6) is 5.88 Å². The molecule has 0 aliphatic carbocycles. The van der Waals surface area contributed by atoms with Crippen molar-refractivity contribution in [3.8, 4) is 23.3 Å². The van der Waals surface area contributed by atoms with Gasteiger partial charge in [0, 0.05) is 30.4 Å². The monoisotopic (exact) mass is 347 g/mol. The second kappa shape index (κ2) is 7.57. The molecule has 0 saturated heterocycles. The SMILES string of the molecule is CCOc1cc(C(=O)C(C#N)c2nnc(-c3ccccc3)n2C)ccn1. The van der Waals surface area contributed by atoms with Gasteiger partial charge in [-0.15, -0.1) is 10.2 Å². The van der Waals surface area contributed by atoms with Crippen molar-refractivity contribution >= 4 is 5.78 Å². The van der Waals surface area contributed by atoms with Gasteiger partial charge >= 0.3 is 0 Å². The minimum Gasteiger partial charge on any atom is -0.478 e. The summed E-state index contributed by atoms with van der Waals surface area (Å²) in [6.07, 6.45) is 1.48. The van der Waals surface area contributed by atoms with Crippen LogP contribution in [0.1, 0.15) is 29.0 Å². The minimum absolute atomic E-state index is 0.297. The van der Waals surface area contributed by atoms with Crippen molar-refractivity contribution in [3.63, 3.8) is 0 Å². The number of nitrogens with zero attached hydrogens (tertiary/aromatic N) is 5. The molecule has 1 aromatic carbocycles. The minimum atomic E-state index is -1.07. The summed E-state index contributed by atoms with van der Waals surface area (Å²) in [5.41, 5.74) is 1.21. The third-order valence-electron chi connectivity index (χ3n) is 3.90. The normalized spacial score (nSPS) is 11.6. The molecule has 3 rings (SSSR count). The van der Waals surface area contributed by atoms with Crippen molar-refractivity contribution in [2.24, 2.45) is 7.05 Å². The van der Waals surface area contributed by atoms with Crippen molar-refractivity contribution in [2.75, 3.05) is 6.61 Å². The Morgan fingerprint density at radius 3 is 2.73 bits per heavy atom. The number of pyridine rings is 1. The topological polar surface area (TPSA) is 93.7 Å². The zero-order valence-electron chi connectivity index (χ0n) is 14.5. The zero-order valence-corrected chi connectivity index (χ0v) is 14.5. The summed E-state index contributed by atoms with van der Waals surface area (Å²) in [6.45, 7) is 2.27. The molecule has 0 bridgehead atoms. The van der Waals surface area contributed by atoms with E-state index < -0.39 is 5.92 Å². The third kappa shape index (κ3) is 3.30. The van der Waals surface area contributed by atoms with E-state index in [9.17, 15) is 10.1 Å². The number of nitriles is 1. The number of Topliss-reactive ketones (excluding diaryl/α,β-unsaturated/α-hetero) is 1. The largest absolute Gasteiger partial charge is 0.478 e. The van der Waals surface area contributed by atoms with E-state index in [-0.39, 0.29) is 5.78 Å². The molecule has 0 N–H and O–H groups in total. The molecule has 7 nitrogen and oxygen atoms in total. The molecule has 1 unspecified atom stereocenters. The Morgan fingerprint density at radius 1 is 1.27 bits per heavy atom. The Balaban J connectivity index is 1.95. The van der Waals surface area contributed by atoms with Crippen molar-refractivity contribution in [3.05, 3.63) is 60.0 Å². The molecule has 3 aromatic rings. The van der Waals surface area contributed by atoms with Crippen LogP contribution in [-0.2, 0) is 7.05 Å². The van der Waals surface area contributed by atoms with Crippen LogP contribution in [0.4, 0.5) is 0 Å². The first-order chi connectivity index (χ1) is 12.7. The number of aromatic nitrogens is 4. The van der Waals surface area contributed by atoms with Crippen molar-refractivity contribution < 1.29 is 9.53 Å². The van der Waals surface area contributed by atoms with Gasteiger partial charge < -0.3 is 9.30 Å². The quantitative estimate of drug-likeness (QED) is 0.637. The average molecular weight is 347 g/mol. The Morgan fingerprint density at radius 2 is 2.04 bits per heavy atom. The number of ketones is 1. The highest BCUT2D eigenvalue weighted by Gasteiger charge is 2.28. The first-order valence-corrected chi connectivity index (χ1v) is 8.13. The fourth-order valence-corrected chi connectivity index (χ4v) is 2.62. The van der Waals surface area contributed by atoms with Crippen LogP contribution in [0, 0.1) is 11.3 Å². The molecule has 0 saturated carbocycles. The first kappa shape index (κ1) is 17.3. The van der Waals surface area contributed by atoms with E-state index in [1.165, 1.54) is 12.3 Å². The predicted octanol–water partition coefficient (Wildman–Crippen LogP) is 2.77. The number of ether oxygens (including phenoxy) is 1. The number of benzene rings is 1. The molecule has 0 radical (unpaired) electrons. The molecular weight excluding hydrogens is 330 g/mol. The molecule has 0 amide bonds. The zero-order chi connectivity index (χ0) is 18.5. The van der Waals surface area contributed by atoms with E-state index in [0.29, 0.717) is 29.7 Å². The molecule has 2 aromatic heterocycles. The lowest BCUT2D eigenvalue weighted by Gasteiger charge is -2.10. The molecule has 1 atom stereocenters. The summed E-state index contributed by atoms with van der Waals surface area (Å²) >= 11 is 0. The van der Waals surface area contributed by atoms with Gasteiger partial charge in [-0.2, -0.15) is 5.26 Å². The number of hydrogen-bond acceptors (Lipinski definition) is 6. The van der Waals surface area contributed by atoms with E-state index >= 15 is 0 Å². The van der Waals surface area contributed by atoms with Gasteiger partial charge in [0.15, 0.2) is 23.3 Å². The number of carbonyl (C=O) groups excluding carboxylic acids is 1. The Kier molecular flexibility index (Phi) is 5.04. The number of rotatable bonds is 6. The van der Waals surface area contributed by atoms with Crippen LogP contribution in [-0.4, -0.2) is 32.1 Å². The summed E-state index contributed by atoms with van der Waals surface area (Å²) in [5.74, 6) is -0.199. The maximum atomic E-state index is 12.8. The smallest absolute Gasteiger partial charge is 0.213 e. The van der Waals surface area contributed by atoms with Gasteiger partial charge in [-0.05, 0) is 13.0 Å². The van der Waals surface area contributed by atoms with Gasteiger partial charge in [0.1, 0.15) is 0 Å². The van der Waals surface area contributed by atoms with Crippen LogP contribution in [0.25, 0.3) is 11.4 Å². The Hall–Kier alpha value is -3.53. The molecule has 0 aliphatic heterocycles. The van der Waals surface area contributed by atoms with Gasteiger partial charge in [0.05, 0.1) is 12.7 Å². The predicted molar refractivity (Wildman–Crippen MR) is 94.5 cm³/mol. The molecule has 26 heavy (non-hydrogen) atoms. The summed E-state index contributed by atoms with van der Waals surface area (Å²) in [6, 6.07) is 14.6. The van der Waals surface area contributed by atoms with Crippen molar-refractivity contribution in [1.29, 1.82) is 5.26 Å². The van der Waals surface area contributed by atoms with Crippen LogP contribution in [0.3, 0.4) is 0 Å². The molecular formula is C19H17N5O2. The second-order valence-electron chi connectivity index (χ2n) is 5.55. The van der Waals surface area contributed by atoms with Gasteiger partial charge in [-0.1, -0.05) is 30.3 Å². The fraction of sp³-hybridized carbons (Fsp3) is 0.211. The summed E-state index contributed by atoms with van der Waals surface area (Å²) in [5, 5.41) is 17.8. The highest BCUT2D eigenvalue weighted by Crippen LogP contribution is 2.24. The third-order valence-corrected chi connectivity index (χ3v) is 3.90. The highest BCUT2D eigenvalue weighted by atomic mass is 16.5. The Bertz CT molecular complexity index is 960. The average Bonchev–Trinajstić information content (AvgIpc) is 3.05. The van der Waals surface area contributed by atoms with E-state index in [1.54, 1.807) is 17.7 Å². The van der Waals surface area contributed by atoms with Gasteiger partial charge in [0.25, 0.3) is 0 Å². The van der Waals surface area contributed by atoms with E-state index in [4.69, 9.17) is 4.74 Å². The molecule has 7 heteroatoms. The highest BCUT2D eigenvalue weighted by molar-refractivity contribution is 6.02. The van der Waals surface area contributed by atoms with E-state index in [1.807, 2.05) is 43.3 Å². The molecule has 2 heterocycles.